The van der Waals surface area contributed by atoms with Crippen LogP contribution in [-0.4, -0.2) is 21.9 Å². The zero-order chi connectivity index (χ0) is 25.2. The molecule has 1 aromatic heterocycles. The fraction of sp³-hybridized carbons (Fsp3) is 0.0968. The van der Waals surface area contributed by atoms with Crippen LogP contribution in [0.1, 0.15) is 24.1 Å². The van der Waals surface area contributed by atoms with E-state index < -0.39 is 17.4 Å². The van der Waals surface area contributed by atoms with E-state index in [4.69, 9.17) is 19.4 Å². The topological polar surface area (TPSA) is 78.4 Å². The second kappa shape index (κ2) is 9.32. The van der Waals surface area contributed by atoms with Crippen LogP contribution >= 0.6 is 0 Å². The Morgan fingerprint density at radius 3 is 1.68 bits per heavy atom. The molecule has 180 valence electrons. The fourth-order valence-corrected chi connectivity index (χ4v) is 4.98. The molecule has 37 heavy (non-hydrogen) atoms. The Kier molecular flexibility index (Phi) is 5.69. The van der Waals surface area contributed by atoms with Gasteiger partial charge in [0.2, 0.25) is 0 Å². The van der Waals surface area contributed by atoms with Crippen molar-refractivity contribution in [1.82, 2.24) is 9.97 Å². The molecule has 5 aromatic rings. The highest BCUT2D eigenvalue weighted by Crippen LogP contribution is 2.52. The van der Waals surface area contributed by atoms with Gasteiger partial charge in [0.15, 0.2) is 0 Å². The SMILES string of the molecule is O=C(CC1(CC(=O)Oc2ccccc2)c2ccccc2-c2nc3ccccc3nc21)Oc1ccccc1. The van der Waals surface area contributed by atoms with E-state index in [1.165, 1.54) is 0 Å². The number of hydrogen-bond donors (Lipinski definition) is 0. The van der Waals surface area contributed by atoms with Gasteiger partial charge >= 0.3 is 11.9 Å². The quantitative estimate of drug-likeness (QED) is 0.220. The van der Waals surface area contributed by atoms with Gasteiger partial charge in [-0.1, -0.05) is 72.8 Å². The zero-order valence-corrected chi connectivity index (χ0v) is 19.8. The maximum absolute atomic E-state index is 13.4. The van der Waals surface area contributed by atoms with Gasteiger partial charge < -0.3 is 9.47 Å². The van der Waals surface area contributed by atoms with E-state index in [0.29, 0.717) is 28.4 Å². The summed E-state index contributed by atoms with van der Waals surface area (Å²) in [5, 5.41) is 0. The van der Waals surface area contributed by atoms with Crippen LogP contribution in [0.5, 0.6) is 11.5 Å². The molecule has 1 aliphatic carbocycles. The standard InChI is InChI=1S/C31H22N2O4/c34-27(36-21-11-3-1-4-12-21)19-31(20-28(35)37-22-13-5-2-6-14-22)24-16-8-7-15-23(24)29-30(31)33-26-18-10-9-17-25(26)32-29/h1-18H,19-20H2. The second-order valence-electron chi connectivity index (χ2n) is 8.97. The summed E-state index contributed by atoms with van der Waals surface area (Å²) in [5.74, 6) is -0.0797. The van der Waals surface area contributed by atoms with Gasteiger partial charge in [-0.25, -0.2) is 9.97 Å². The molecule has 6 nitrogen and oxygen atoms in total. The summed E-state index contributed by atoms with van der Waals surface area (Å²) in [4.78, 5) is 36.6. The van der Waals surface area contributed by atoms with Crippen molar-refractivity contribution in [1.29, 1.82) is 0 Å². The molecular weight excluding hydrogens is 464 g/mol. The Bertz CT molecular complexity index is 1560. The minimum Gasteiger partial charge on any atom is -0.426 e. The van der Waals surface area contributed by atoms with E-state index in [1.807, 2.05) is 60.7 Å². The number of benzene rings is 4. The van der Waals surface area contributed by atoms with Gasteiger partial charge in [0, 0.05) is 5.56 Å². The summed E-state index contributed by atoms with van der Waals surface area (Å²) in [7, 11) is 0. The van der Waals surface area contributed by atoms with Crippen molar-refractivity contribution in [3.05, 3.63) is 120 Å². The second-order valence-corrected chi connectivity index (χ2v) is 8.97. The molecule has 0 fully saturated rings. The molecule has 1 heterocycles. The number of esters is 2. The van der Waals surface area contributed by atoms with Crippen LogP contribution < -0.4 is 9.47 Å². The summed E-state index contributed by atoms with van der Waals surface area (Å²) >= 11 is 0. The lowest BCUT2D eigenvalue weighted by Gasteiger charge is -2.29. The minimum absolute atomic E-state index is 0.108. The first-order chi connectivity index (χ1) is 18.1. The zero-order valence-electron chi connectivity index (χ0n) is 19.8. The Morgan fingerprint density at radius 2 is 1.08 bits per heavy atom. The Labute approximate surface area is 213 Å². The molecule has 0 unspecified atom stereocenters. The van der Waals surface area contributed by atoms with E-state index in [2.05, 4.69) is 0 Å². The fourth-order valence-electron chi connectivity index (χ4n) is 4.98. The number of nitrogens with zero attached hydrogens (tertiary/aromatic N) is 2. The number of rotatable bonds is 6. The molecule has 0 spiro atoms. The van der Waals surface area contributed by atoms with E-state index in [9.17, 15) is 9.59 Å². The predicted molar refractivity (Wildman–Crippen MR) is 139 cm³/mol. The molecule has 0 amide bonds. The summed E-state index contributed by atoms with van der Waals surface area (Å²) in [6.45, 7) is 0. The Balaban J connectivity index is 1.47. The Morgan fingerprint density at radius 1 is 0.595 bits per heavy atom. The van der Waals surface area contributed by atoms with Crippen LogP contribution in [0.25, 0.3) is 22.3 Å². The molecule has 0 saturated carbocycles. The average Bonchev–Trinajstić information content (AvgIpc) is 3.17. The molecule has 0 radical (unpaired) electrons. The van der Waals surface area contributed by atoms with Gasteiger partial charge in [0.25, 0.3) is 0 Å². The number of ether oxygens (including phenoxy) is 2. The molecule has 6 heteroatoms. The highest BCUT2D eigenvalue weighted by molar-refractivity contribution is 5.89. The van der Waals surface area contributed by atoms with Crippen molar-refractivity contribution in [3.8, 4) is 22.8 Å². The van der Waals surface area contributed by atoms with Crippen molar-refractivity contribution in [3.63, 3.8) is 0 Å². The molecule has 4 aromatic carbocycles. The first kappa shape index (κ1) is 22.6. The summed E-state index contributed by atoms with van der Waals surface area (Å²) in [6.07, 6.45) is -0.217. The number of aromatic nitrogens is 2. The molecule has 0 bridgehead atoms. The third-order valence-corrected chi connectivity index (χ3v) is 6.56. The largest absolute Gasteiger partial charge is 0.426 e. The lowest BCUT2D eigenvalue weighted by molar-refractivity contribution is -0.138. The van der Waals surface area contributed by atoms with Gasteiger partial charge in [-0.05, 0) is 42.0 Å². The lowest BCUT2D eigenvalue weighted by atomic mass is 9.75. The molecule has 0 atom stereocenters. The van der Waals surface area contributed by atoms with Gasteiger partial charge in [-0.3, -0.25) is 9.59 Å². The van der Waals surface area contributed by atoms with E-state index in [-0.39, 0.29) is 12.8 Å². The highest BCUT2D eigenvalue weighted by Gasteiger charge is 2.49. The minimum atomic E-state index is -1.11. The molecule has 0 saturated heterocycles. The van der Waals surface area contributed by atoms with Crippen molar-refractivity contribution < 1.29 is 19.1 Å². The van der Waals surface area contributed by atoms with Crippen molar-refractivity contribution in [2.24, 2.45) is 0 Å². The number of para-hydroxylation sites is 4. The van der Waals surface area contributed by atoms with E-state index >= 15 is 0 Å². The molecule has 1 aliphatic rings. The van der Waals surface area contributed by atoms with Crippen molar-refractivity contribution in [2.75, 3.05) is 0 Å². The maximum Gasteiger partial charge on any atom is 0.312 e. The van der Waals surface area contributed by atoms with Crippen LogP contribution in [0.15, 0.2) is 109 Å². The number of hydrogen-bond acceptors (Lipinski definition) is 6. The first-order valence-corrected chi connectivity index (χ1v) is 12.0. The van der Waals surface area contributed by atoms with Crippen molar-refractivity contribution in [2.45, 2.75) is 18.3 Å². The summed E-state index contributed by atoms with van der Waals surface area (Å²) in [6, 6.07) is 33.0. The van der Waals surface area contributed by atoms with Crippen LogP contribution in [-0.2, 0) is 15.0 Å². The molecule has 0 aliphatic heterocycles. The predicted octanol–water partition coefficient (Wildman–Crippen LogP) is 5.89. The molecular formula is C31H22N2O4. The van der Waals surface area contributed by atoms with Crippen molar-refractivity contribution >= 4 is 23.0 Å². The Hall–Kier alpha value is -4.84. The monoisotopic (exact) mass is 486 g/mol. The van der Waals surface area contributed by atoms with Gasteiger partial charge in [-0.15, -0.1) is 0 Å². The maximum atomic E-state index is 13.4. The van der Waals surface area contributed by atoms with E-state index in [1.54, 1.807) is 48.5 Å². The molecule has 6 rings (SSSR count). The van der Waals surface area contributed by atoms with Crippen LogP contribution in [0, 0.1) is 0 Å². The summed E-state index contributed by atoms with van der Waals surface area (Å²) < 4.78 is 11.4. The number of fused-ring (bicyclic) bond motifs is 4. The van der Waals surface area contributed by atoms with Gasteiger partial charge in [0.1, 0.15) is 11.5 Å². The first-order valence-electron chi connectivity index (χ1n) is 12.0. The van der Waals surface area contributed by atoms with Gasteiger partial charge in [-0.2, -0.15) is 0 Å². The van der Waals surface area contributed by atoms with Crippen LogP contribution in [0.4, 0.5) is 0 Å². The van der Waals surface area contributed by atoms with Gasteiger partial charge in [0.05, 0.1) is 40.7 Å². The summed E-state index contributed by atoms with van der Waals surface area (Å²) in [5.41, 5.74) is 3.19. The molecule has 0 N–H and O–H groups in total. The number of carbonyl (C=O) groups excluding carboxylic acids is 2. The van der Waals surface area contributed by atoms with Crippen LogP contribution in [0.2, 0.25) is 0 Å². The third kappa shape index (κ3) is 4.23. The smallest absolute Gasteiger partial charge is 0.312 e. The average molecular weight is 487 g/mol. The lowest BCUT2D eigenvalue weighted by Crippen LogP contribution is -2.35. The number of carbonyl (C=O) groups is 2. The highest BCUT2D eigenvalue weighted by atomic mass is 16.5. The normalized spacial score (nSPS) is 13.0. The van der Waals surface area contributed by atoms with Crippen LogP contribution in [0.3, 0.4) is 0 Å². The third-order valence-electron chi connectivity index (χ3n) is 6.56. The van der Waals surface area contributed by atoms with E-state index in [0.717, 1.165) is 16.6 Å².